The van der Waals surface area contributed by atoms with E-state index in [0.29, 0.717) is 18.9 Å². The van der Waals surface area contributed by atoms with Gasteiger partial charge in [0.05, 0.1) is 11.8 Å². The fourth-order valence-electron chi connectivity index (χ4n) is 3.07. The van der Waals surface area contributed by atoms with Crippen LogP contribution in [0.1, 0.15) is 18.7 Å². The van der Waals surface area contributed by atoms with E-state index in [1.165, 1.54) is 17.1 Å². The monoisotopic (exact) mass is 407 g/mol. The van der Waals surface area contributed by atoms with Crippen molar-refractivity contribution in [3.8, 4) is 11.5 Å². The van der Waals surface area contributed by atoms with Gasteiger partial charge < -0.3 is 9.84 Å². The summed E-state index contributed by atoms with van der Waals surface area (Å²) in [5.41, 5.74) is 0.843. The third kappa shape index (κ3) is 4.43. The summed E-state index contributed by atoms with van der Waals surface area (Å²) in [5.74, 6) is 0.420. The molecule has 1 N–H and O–H groups in total. The van der Waals surface area contributed by atoms with E-state index in [2.05, 4.69) is 25.5 Å². The van der Waals surface area contributed by atoms with Crippen LogP contribution in [-0.4, -0.2) is 41.9 Å². The number of amides is 1. The summed E-state index contributed by atoms with van der Waals surface area (Å²) in [6.07, 6.45) is 5.69. The largest absolute Gasteiger partial charge is 0.356 e. The van der Waals surface area contributed by atoms with E-state index in [9.17, 15) is 9.59 Å². The molecule has 10 heteroatoms. The molecule has 10 nitrogen and oxygen atoms in total. The molecule has 0 aliphatic heterocycles. The number of aromatic nitrogens is 6. The van der Waals surface area contributed by atoms with Gasteiger partial charge in [-0.3, -0.25) is 18.8 Å². The van der Waals surface area contributed by atoms with Crippen molar-refractivity contribution in [1.82, 2.24) is 34.8 Å². The van der Waals surface area contributed by atoms with E-state index >= 15 is 0 Å². The Labute approximate surface area is 171 Å². The number of rotatable bonds is 8. The van der Waals surface area contributed by atoms with Gasteiger partial charge in [-0.1, -0.05) is 23.4 Å². The van der Waals surface area contributed by atoms with Crippen LogP contribution >= 0.6 is 0 Å². The molecule has 1 aromatic carbocycles. The third-order valence-corrected chi connectivity index (χ3v) is 4.59. The van der Waals surface area contributed by atoms with Crippen LogP contribution in [0.15, 0.2) is 52.3 Å². The lowest BCUT2D eigenvalue weighted by Crippen LogP contribution is -2.29. The number of carbonyl (C=O) groups excluding carboxylic acids is 1. The van der Waals surface area contributed by atoms with Crippen molar-refractivity contribution in [2.24, 2.45) is 0 Å². The average Bonchev–Trinajstić information content (AvgIpc) is 3.36. The SMILES string of the molecule is Cc1noc(-c2cncn(CCC(=O)NCCCn3cc4ccccc4n3)c2=O)n1. The van der Waals surface area contributed by atoms with Gasteiger partial charge in [-0.05, 0) is 19.4 Å². The van der Waals surface area contributed by atoms with Gasteiger partial charge in [-0.25, -0.2) is 4.98 Å². The molecule has 30 heavy (non-hydrogen) atoms. The molecule has 4 rings (SSSR count). The highest BCUT2D eigenvalue weighted by Crippen LogP contribution is 2.11. The molecule has 0 saturated heterocycles. The number of benzene rings is 1. The van der Waals surface area contributed by atoms with Crippen LogP contribution in [0.25, 0.3) is 22.4 Å². The van der Waals surface area contributed by atoms with Crippen LogP contribution in [0.3, 0.4) is 0 Å². The number of fused-ring (bicyclic) bond motifs is 1. The highest BCUT2D eigenvalue weighted by atomic mass is 16.5. The van der Waals surface area contributed by atoms with Crippen molar-refractivity contribution in [3.63, 3.8) is 0 Å². The van der Waals surface area contributed by atoms with Gasteiger partial charge in [0, 0.05) is 43.8 Å². The smallest absolute Gasteiger partial charge is 0.266 e. The van der Waals surface area contributed by atoms with Crippen LogP contribution in [0.2, 0.25) is 0 Å². The van der Waals surface area contributed by atoms with Gasteiger partial charge in [0.25, 0.3) is 11.4 Å². The third-order valence-electron chi connectivity index (χ3n) is 4.59. The van der Waals surface area contributed by atoms with Crippen LogP contribution < -0.4 is 10.9 Å². The number of aryl methyl sites for hydroxylation is 3. The van der Waals surface area contributed by atoms with Gasteiger partial charge in [-0.15, -0.1) is 0 Å². The first-order chi connectivity index (χ1) is 14.6. The molecule has 0 aliphatic carbocycles. The van der Waals surface area contributed by atoms with Crippen LogP contribution in [0.4, 0.5) is 0 Å². The summed E-state index contributed by atoms with van der Waals surface area (Å²) in [6, 6.07) is 7.93. The summed E-state index contributed by atoms with van der Waals surface area (Å²) in [5, 5.41) is 12.1. The number of nitrogens with zero attached hydrogens (tertiary/aromatic N) is 6. The van der Waals surface area contributed by atoms with Crippen LogP contribution in [0, 0.1) is 6.92 Å². The predicted octanol–water partition coefficient (Wildman–Crippen LogP) is 1.55. The van der Waals surface area contributed by atoms with Crippen molar-refractivity contribution < 1.29 is 9.32 Å². The minimum Gasteiger partial charge on any atom is -0.356 e. The van der Waals surface area contributed by atoms with E-state index in [1.54, 1.807) is 6.92 Å². The number of hydrogen-bond donors (Lipinski definition) is 1. The van der Waals surface area contributed by atoms with E-state index < -0.39 is 0 Å². The molecule has 4 aromatic rings. The highest BCUT2D eigenvalue weighted by molar-refractivity contribution is 5.77. The first-order valence-electron chi connectivity index (χ1n) is 9.64. The lowest BCUT2D eigenvalue weighted by atomic mass is 10.3. The average molecular weight is 407 g/mol. The molecule has 0 aliphatic rings. The molecule has 0 unspecified atom stereocenters. The minimum atomic E-state index is -0.327. The maximum absolute atomic E-state index is 12.5. The summed E-state index contributed by atoms with van der Waals surface area (Å²) >= 11 is 0. The van der Waals surface area contributed by atoms with Gasteiger partial charge in [-0.2, -0.15) is 10.1 Å². The lowest BCUT2D eigenvalue weighted by molar-refractivity contribution is -0.121. The van der Waals surface area contributed by atoms with Gasteiger partial charge in [0.2, 0.25) is 5.91 Å². The van der Waals surface area contributed by atoms with Crippen molar-refractivity contribution in [2.45, 2.75) is 32.9 Å². The molecular weight excluding hydrogens is 386 g/mol. The Hall–Kier alpha value is -3.82. The fourth-order valence-corrected chi connectivity index (χ4v) is 3.07. The fraction of sp³-hybridized carbons (Fsp3) is 0.300. The van der Waals surface area contributed by atoms with Crippen LogP contribution in [-0.2, 0) is 17.9 Å². The molecular formula is C20H21N7O3. The van der Waals surface area contributed by atoms with Gasteiger partial charge in [0.1, 0.15) is 5.56 Å². The maximum atomic E-state index is 12.5. The number of nitrogens with one attached hydrogen (secondary N) is 1. The first-order valence-corrected chi connectivity index (χ1v) is 9.64. The summed E-state index contributed by atoms with van der Waals surface area (Å²) < 4.78 is 8.28. The molecule has 0 radical (unpaired) electrons. The molecule has 0 saturated carbocycles. The van der Waals surface area contributed by atoms with Crippen molar-refractivity contribution >= 4 is 16.8 Å². The predicted molar refractivity (Wildman–Crippen MR) is 109 cm³/mol. The molecule has 154 valence electrons. The zero-order valence-corrected chi connectivity index (χ0v) is 16.5. The first kappa shape index (κ1) is 19.5. The summed E-state index contributed by atoms with van der Waals surface area (Å²) in [7, 11) is 0. The Bertz CT molecular complexity index is 1190. The Morgan fingerprint density at radius 3 is 2.90 bits per heavy atom. The van der Waals surface area contributed by atoms with Crippen molar-refractivity contribution in [3.05, 3.63) is 59.2 Å². The van der Waals surface area contributed by atoms with Crippen LogP contribution in [0.5, 0.6) is 0 Å². The normalized spacial score (nSPS) is 11.1. The number of hydrogen-bond acceptors (Lipinski definition) is 7. The zero-order valence-electron chi connectivity index (χ0n) is 16.5. The Kier molecular flexibility index (Phi) is 5.64. The molecule has 0 spiro atoms. The van der Waals surface area contributed by atoms with Crippen molar-refractivity contribution in [1.29, 1.82) is 0 Å². The topological polar surface area (TPSA) is 121 Å². The second-order valence-corrected chi connectivity index (χ2v) is 6.86. The molecule has 0 bridgehead atoms. The zero-order chi connectivity index (χ0) is 20.9. The maximum Gasteiger partial charge on any atom is 0.266 e. The summed E-state index contributed by atoms with van der Waals surface area (Å²) in [4.78, 5) is 32.7. The van der Waals surface area contributed by atoms with E-state index in [0.717, 1.165) is 17.3 Å². The Balaban J connectivity index is 1.25. The second-order valence-electron chi connectivity index (χ2n) is 6.86. The molecule has 0 atom stereocenters. The van der Waals surface area contributed by atoms with Crippen molar-refractivity contribution in [2.75, 3.05) is 6.54 Å². The molecule has 3 heterocycles. The second kappa shape index (κ2) is 8.68. The minimum absolute atomic E-state index is 0.120. The Morgan fingerprint density at radius 2 is 2.10 bits per heavy atom. The standard InChI is InChI=1S/C20H21N7O3/c1-14-23-19(30-25-14)16-11-21-13-26(20(16)29)10-7-18(28)22-8-4-9-27-12-15-5-2-3-6-17(15)24-27/h2-3,5-6,11-13H,4,7-10H2,1H3,(H,22,28). The van der Waals surface area contributed by atoms with Gasteiger partial charge >= 0.3 is 0 Å². The molecule has 0 fully saturated rings. The quantitative estimate of drug-likeness (QED) is 0.440. The highest BCUT2D eigenvalue weighted by Gasteiger charge is 2.13. The van der Waals surface area contributed by atoms with E-state index in [-0.39, 0.29) is 35.9 Å². The summed E-state index contributed by atoms with van der Waals surface area (Å²) in [6.45, 7) is 3.12. The lowest BCUT2D eigenvalue weighted by Gasteiger charge is -2.07. The van der Waals surface area contributed by atoms with E-state index in [4.69, 9.17) is 4.52 Å². The number of carbonyl (C=O) groups is 1. The van der Waals surface area contributed by atoms with E-state index in [1.807, 2.05) is 35.1 Å². The Morgan fingerprint density at radius 1 is 1.23 bits per heavy atom. The molecule has 3 aromatic heterocycles. The molecule has 1 amide bonds. The van der Waals surface area contributed by atoms with Gasteiger partial charge in [0.15, 0.2) is 5.82 Å².